The second-order valence-corrected chi connectivity index (χ2v) is 5.92. The smallest absolute Gasteiger partial charge is 0.147 e. The zero-order valence-corrected chi connectivity index (χ0v) is 13.8. The van der Waals surface area contributed by atoms with Gasteiger partial charge in [0.1, 0.15) is 5.82 Å². The SMILES string of the molecule is CCCOC1CCCN(c2ncc(CNCC)cc2Cl)C1. The lowest BCUT2D eigenvalue weighted by molar-refractivity contribution is 0.0439. The standard InChI is InChI=1S/C16H26ClN3O/c1-3-8-21-14-6-5-7-20(12-14)16-15(17)9-13(11-19-16)10-18-4-2/h9,11,14,18H,3-8,10,12H2,1-2H3. The summed E-state index contributed by atoms with van der Waals surface area (Å²) < 4.78 is 5.88. The molecule has 0 saturated carbocycles. The first-order valence-electron chi connectivity index (χ1n) is 7.96. The predicted molar refractivity (Wildman–Crippen MR) is 88.1 cm³/mol. The number of nitrogens with one attached hydrogen (secondary N) is 1. The summed E-state index contributed by atoms with van der Waals surface area (Å²) in [6, 6.07) is 2.02. The van der Waals surface area contributed by atoms with Crippen molar-refractivity contribution in [2.45, 2.75) is 45.8 Å². The van der Waals surface area contributed by atoms with E-state index in [0.29, 0.717) is 6.10 Å². The van der Waals surface area contributed by atoms with Crippen molar-refractivity contribution in [1.82, 2.24) is 10.3 Å². The van der Waals surface area contributed by atoms with Gasteiger partial charge in [-0.3, -0.25) is 0 Å². The Bertz CT molecular complexity index is 442. The maximum Gasteiger partial charge on any atom is 0.147 e. The molecule has 2 heterocycles. The van der Waals surface area contributed by atoms with Gasteiger partial charge in [0.2, 0.25) is 0 Å². The number of aromatic nitrogens is 1. The van der Waals surface area contributed by atoms with Gasteiger partial charge in [-0.25, -0.2) is 4.98 Å². The van der Waals surface area contributed by atoms with Crippen molar-refractivity contribution >= 4 is 17.4 Å². The molecule has 1 N–H and O–H groups in total. The van der Waals surface area contributed by atoms with Gasteiger partial charge in [-0.15, -0.1) is 0 Å². The van der Waals surface area contributed by atoms with Gasteiger partial charge in [-0.1, -0.05) is 25.4 Å². The Kier molecular flexibility index (Phi) is 6.74. The first-order chi connectivity index (χ1) is 10.2. The van der Waals surface area contributed by atoms with Crippen molar-refractivity contribution in [3.63, 3.8) is 0 Å². The Morgan fingerprint density at radius 3 is 3.05 bits per heavy atom. The van der Waals surface area contributed by atoms with Crippen LogP contribution in [0.15, 0.2) is 12.3 Å². The Labute approximate surface area is 132 Å². The average molecular weight is 312 g/mol. The average Bonchev–Trinajstić information content (AvgIpc) is 2.51. The number of piperidine rings is 1. The fraction of sp³-hybridized carbons (Fsp3) is 0.688. The highest BCUT2D eigenvalue weighted by atomic mass is 35.5. The van der Waals surface area contributed by atoms with Gasteiger partial charge >= 0.3 is 0 Å². The van der Waals surface area contributed by atoms with Gasteiger partial charge in [0, 0.05) is 32.4 Å². The van der Waals surface area contributed by atoms with Crippen LogP contribution in [0.25, 0.3) is 0 Å². The third kappa shape index (κ3) is 4.83. The monoisotopic (exact) mass is 311 g/mol. The molecule has 1 aromatic rings. The molecule has 1 aliphatic rings. The number of anilines is 1. The molecule has 1 aliphatic heterocycles. The Hall–Kier alpha value is -0.840. The molecule has 0 amide bonds. The van der Waals surface area contributed by atoms with Crippen LogP contribution in [0.2, 0.25) is 5.02 Å². The van der Waals surface area contributed by atoms with Crippen molar-refractivity contribution in [2.24, 2.45) is 0 Å². The van der Waals surface area contributed by atoms with Crippen LogP contribution in [0.5, 0.6) is 0 Å². The summed E-state index contributed by atoms with van der Waals surface area (Å²) in [5.74, 6) is 0.890. The molecule has 0 aromatic carbocycles. The molecule has 5 heteroatoms. The number of hydrogen-bond donors (Lipinski definition) is 1. The van der Waals surface area contributed by atoms with Crippen molar-refractivity contribution in [3.8, 4) is 0 Å². The van der Waals surface area contributed by atoms with E-state index in [1.165, 1.54) is 0 Å². The van der Waals surface area contributed by atoms with Crippen LogP contribution in [0.3, 0.4) is 0 Å². The zero-order chi connectivity index (χ0) is 15.1. The molecule has 4 nitrogen and oxygen atoms in total. The number of nitrogens with zero attached hydrogens (tertiary/aromatic N) is 2. The summed E-state index contributed by atoms with van der Waals surface area (Å²) in [5.41, 5.74) is 1.13. The third-order valence-corrected chi connectivity index (χ3v) is 3.97. The number of pyridine rings is 1. The highest BCUT2D eigenvalue weighted by molar-refractivity contribution is 6.33. The van der Waals surface area contributed by atoms with Crippen molar-refractivity contribution in [1.29, 1.82) is 0 Å². The predicted octanol–water partition coefficient (Wildman–Crippen LogP) is 3.24. The summed E-state index contributed by atoms with van der Waals surface area (Å²) in [6.07, 6.45) is 5.55. The molecule has 0 spiro atoms. The van der Waals surface area contributed by atoms with Crippen LogP contribution < -0.4 is 10.2 Å². The van der Waals surface area contributed by atoms with Gasteiger partial charge in [-0.05, 0) is 37.4 Å². The van der Waals surface area contributed by atoms with Gasteiger partial charge < -0.3 is 15.0 Å². The molecule has 0 radical (unpaired) electrons. The molecule has 0 bridgehead atoms. The lowest BCUT2D eigenvalue weighted by Gasteiger charge is -2.34. The van der Waals surface area contributed by atoms with Crippen LogP contribution in [-0.2, 0) is 11.3 Å². The summed E-state index contributed by atoms with van der Waals surface area (Å²) in [7, 11) is 0. The van der Waals surface area contributed by atoms with Crippen LogP contribution in [-0.4, -0.2) is 37.3 Å². The Morgan fingerprint density at radius 2 is 2.33 bits per heavy atom. The molecule has 1 aromatic heterocycles. The minimum absolute atomic E-state index is 0.304. The highest BCUT2D eigenvalue weighted by Crippen LogP contribution is 2.27. The van der Waals surface area contributed by atoms with E-state index >= 15 is 0 Å². The molecular formula is C16H26ClN3O. The second-order valence-electron chi connectivity index (χ2n) is 5.51. The summed E-state index contributed by atoms with van der Waals surface area (Å²) in [6.45, 7) is 8.72. The first kappa shape index (κ1) is 16.5. The van der Waals surface area contributed by atoms with Crippen LogP contribution in [0.1, 0.15) is 38.7 Å². The van der Waals surface area contributed by atoms with E-state index in [2.05, 4.69) is 29.0 Å². The maximum absolute atomic E-state index is 6.42. The molecule has 2 rings (SSSR count). The quantitative estimate of drug-likeness (QED) is 0.839. The molecular weight excluding hydrogens is 286 g/mol. The fourth-order valence-electron chi connectivity index (χ4n) is 2.62. The molecule has 118 valence electrons. The van der Waals surface area contributed by atoms with Crippen LogP contribution in [0, 0.1) is 0 Å². The van der Waals surface area contributed by atoms with Crippen molar-refractivity contribution < 1.29 is 4.74 Å². The lowest BCUT2D eigenvalue weighted by atomic mass is 10.1. The molecule has 1 fully saturated rings. The van der Waals surface area contributed by atoms with E-state index in [0.717, 1.165) is 68.5 Å². The minimum Gasteiger partial charge on any atom is -0.376 e. The third-order valence-electron chi connectivity index (χ3n) is 3.69. The zero-order valence-electron chi connectivity index (χ0n) is 13.1. The van der Waals surface area contributed by atoms with Gasteiger partial charge in [0.05, 0.1) is 11.1 Å². The van der Waals surface area contributed by atoms with E-state index in [-0.39, 0.29) is 0 Å². The Balaban J connectivity index is 2.00. The summed E-state index contributed by atoms with van der Waals surface area (Å²) in [5, 5.41) is 4.03. The van der Waals surface area contributed by atoms with E-state index < -0.39 is 0 Å². The number of hydrogen-bond acceptors (Lipinski definition) is 4. The van der Waals surface area contributed by atoms with Crippen LogP contribution >= 0.6 is 11.6 Å². The largest absolute Gasteiger partial charge is 0.376 e. The molecule has 21 heavy (non-hydrogen) atoms. The molecule has 1 unspecified atom stereocenters. The summed E-state index contributed by atoms with van der Waals surface area (Å²) >= 11 is 6.42. The molecule has 1 saturated heterocycles. The normalized spacial score (nSPS) is 19.0. The fourth-order valence-corrected chi connectivity index (χ4v) is 2.93. The van der Waals surface area contributed by atoms with E-state index in [1.807, 2.05) is 12.3 Å². The Morgan fingerprint density at radius 1 is 1.48 bits per heavy atom. The topological polar surface area (TPSA) is 37.4 Å². The molecule has 0 aliphatic carbocycles. The first-order valence-corrected chi connectivity index (χ1v) is 8.34. The minimum atomic E-state index is 0.304. The molecule has 1 atom stereocenters. The maximum atomic E-state index is 6.42. The van der Waals surface area contributed by atoms with Gasteiger partial charge in [0.25, 0.3) is 0 Å². The van der Waals surface area contributed by atoms with Gasteiger partial charge in [-0.2, -0.15) is 0 Å². The van der Waals surface area contributed by atoms with Crippen molar-refractivity contribution in [2.75, 3.05) is 31.1 Å². The van der Waals surface area contributed by atoms with Crippen molar-refractivity contribution in [3.05, 3.63) is 22.8 Å². The number of rotatable bonds is 7. The number of ether oxygens (including phenoxy) is 1. The van der Waals surface area contributed by atoms with E-state index in [4.69, 9.17) is 16.3 Å². The van der Waals surface area contributed by atoms with Crippen LogP contribution in [0.4, 0.5) is 5.82 Å². The number of halogens is 1. The highest BCUT2D eigenvalue weighted by Gasteiger charge is 2.22. The van der Waals surface area contributed by atoms with Gasteiger partial charge in [0.15, 0.2) is 0 Å². The summed E-state index contributed by atoms with van der Waals surface area (Å²) in [4.78, 5) is 6.82. The second kappa shape index (κ2) is 8.57. The van der Waals surface area contributed by atoms with E-state index in [9.17, 15) is 0 Å². The van der Waals surface area contributed by atoms with E-state index in [1.54, 1.807) is 0 Å². The lowest BCUT2D eigenvalue weighted by Crippen LogP contribution is -2.40.